The van der Waals surface area contributed by atoms with Gasteiger partial charge >= 0.3 is 0 Å². The Kier molecular flexibility index (Phi) is 6.92. The maximum absolute atomic E-state index is 12.1. The zero-order chi connectivity index (χ0) is 19.1. The van der Waals surface area contributed by atoms with Gasteiger partial charge in [0.05, 0.1) is 6.54 Å². The Morgan fingerprint density at radius 3 is 2.19 bits per heavy atom. The number of rotatable bonds is 7. The molecule has 0 aliphatic heterocycles. The second-order valence-corrected chi connectivity index (χ2v) is 6.53. The number of Topliss-reactive ketones (excluding diaryl/α,β-unsaturated/α-hetero) is 1. The van der Waals surface area contributed by atoms with Crippen molar-refractivity contribution in [1.29, 1.82) is 0 Å². The van der Waals surface area contributed by atoms with Gasteiger partial charge in [0.1, 0.15) is 0 Å². The van der Waals surface area contributed by atoms with Gasteiger partial charge in [-0.1, -0.05) is 29.3 Å². The lowest BCUT2D eigenvalue weighted by Crippen LogP contribution is -2.35. The number of carbonyl (C=O) groups is 3. The Hall–Kier alpha value is -2.66. The van der Waals surface area contributed by atoms with Crippen molar-refractivity contribution < 1.29 is 14.4 Å². The van der Waals surface area contributed by atoms with Crippen LogP contribution in [0.15, 0.2) is 48.5 Å². The summed E-state index contributed by atoms with van der Waals surface area (Å²) in [5.74, 6) is -0.673. The van der Waals surface area contributed by atoms with E-state index in [0.29, 0.717) is 16.3 Å². The predicted octanol–water partition coefficient (Wildman–Crippen LogP) is 3.71. The minimum Gasteiger partial charge on any atom is -0.336 e. The first-order valence-electron chi connectivity index (χ1n) is 8.24. The molecular formula is C20H21ClN2O3. The van der Waals surface area contributed by atoms with Gasteiger partial charge in [-0.05, 0) is 43.3 Å². The van der Waals surface area contributed by atoms with Crippen molar-refractivity contribution >= 4 is 34.9 Å². The van der Waals surface area contributed by atoms with E-state index >= 15 is 0 Å². The molecule has 2 amide bonds. The summed E-state index contributed by atoms with van der Waals surface area (Å²) >= 11 is 5.79. The van der Waals surface area contributed by atoms with Crippen LogP contribution in [0, 0.1) is 6.92 Å². The van der Waals surface area contributed by atoms with Crippen molar-refractivity contribution in [1.82, 2.24) is 4.90 Å². The molecule has 5 nitrogen and oxygen atoms in total. The van der Waals surface area contributed by atoms with Crippen LogP contribution in [-0.2, 0) is 9.59 Å². The number of hydrogen-bond donors (Lipinski definition) is 1. The van der Waals surface area contributed by atoms with Crippen LogP contribution in [0.2, 0.25) is 5.02 Å². The summed E-state index contributed by atoms with van der Waals surface area (Å²) in [6, 6.07) is 13.9. The number of carbonyl (C=O) groups excluding carboxylic acids is 3. The quantitative estimate of drug-likeness (QED) is 0.753. The summed E-state index contributed by atoms with van der Waals surface area (Å²) in [4.78, 5) is 37.6. The highest BCUT2D eigenvalue weighted by molar-refractivity contribution is 6.30. The molecule has 6 heteroatoms. The van der Waals surface area contributed by atoms with Gasteiger partial charge in [0.25, 0.3) is 0 Å². The third kappa shape index (κ3) is 6.01. The van der Waals surface area contributed by atoms with E-state index in [9.17, 15) is 14.4 Å². The predicted molar refractivity (Wildman–Crippen MR) is 102 cm³/mol. The lowest BCUT2D eigenvalue weighted by molar-refractivity contribution is -0.133. The molecule has 0 atom stereocenters. The van der Waals surface area contributed by atoms with Crippen LogP contribution in [0.1, 0.15) is 28.8 Å². The second kappa shape index (κ2) is 9.15. The topological polar surface area (TPSA) is 66.5 Å². The number of aryl methyl sites for hydroxylation is 1. The molecular weight excluding hydrogens is 352 g/mol. The minimum atomic E-state index is -0.284. The van der Waals surface area contributed by atoms with Crippen LogP contribution >= 0.6 is 11.6 Å². The van der Waals surface area contributed by atoms with Gasteiger partial charge < -0.3 is 10.2 Å². The Labute approximate surface area is 158 Å². The van der Waals surface area contributed by atoms with E-state index in [1.807, 2.05) is 19.1 Å². The molecule has 0 heterocycles. The summed E-state index contributed by atoms with van der Waals surface area (Å²) in [5, 5.41) is 3.29. The van der Waals surface area contributed by atoms with E-state index in [0.717, 1.165) is 5.56 Å². The van der Waals surface area contributed by atoms with Gasteiger partial charge in [-0.3, -0.25) is 14.4 Å². The molecule has 0 aliphatic rings. The minimum absolute atomic E-state index is 0.0514. The van der Waals surface area contributed by atoms with Crippen LogP contribution in [0.4, 0.5) is 5.69 Å². The van der Waals surface area contributed by atoms with E-state index in [1.165, 1.54) is 4.90 Å². The Balaban J connectivity index is 1.79. The number of halogens is 1. The van der Waals surface area contributed by atoms with E-state index in [-0.39, 0.29) is 37.0 Å². The van der Waals surface area contributed by atoms with Crippen molar-refractivity contribution in [3.8, 4) is 0 Å². The monoisotopic (exact) mass is 372 g/mol. The lowest BCUT2D eigenvalue weighted by Gasteiger charge is -2.16. The van der Waals surface area contributed by atoms with Crippen LogP contribution in [0.5, 0.6) is 0 Å². The largest absolute Gasteiger partial charge is 0.336 e. The van der Waals surface area contributed by atoms with Crippen LogP contribution in [0.25, 0.3) is 0 Å². The highest BCUT2D eigenvalue weighted by Crippen LogP contribution is 2.12. The van der Waals surface area contributed by atoms with Crippen molar-refractivity contribution in [2.75, 3.05) is 18.9 Å². The number of anilines is 1. The number of ketones is 1. The van der Waals surface area contributed by atoms with Gasteiger partial charge in [-0.2, -0.15) is 0 Å². The molecule has 1 N–H and O–H groups in total. The zero-order valence-corrected chi connectivity index (χ0v) is 15.5. The highest BCUT2D eigenvalue weighted by atomic mass is 35.5. The summed E-state index contributed by atoms with van der Waals surface area (Å²) in [5.41, 5.74) is 2.29. The Morgan fingerprint density at radius 2 is 1.58 bits per heavy atom. The van der Waals surface area contributed by atoms with Gasteiger partial charge in [0, 0.05) is 36.2 Å². The van der Waals surface area contributed by atoms with Crippen LogP contribution in [-0.4, -0.2) is 36.1 Å². The molecule has 0 radical (unpaired) electrons. The van der Waals surface area contributed by atoms with Gasteiger partial charge in [-0.15, -0.1) is 0 Å². The Morgan fingerprint density at radius 1 is 0.962 bits per heavy atom. The first-order chi connectivity index (χ1) is 12.3. The fraction of sp³-hybridized carbons (Fsp3) is 0.250. The third-order valence-corrected chi connectivity index (χ3v) is 4.13. The molecule has 0 saturated heterocycles. The van der Waals surface area contributed by atoms with Crippen molar-refractivity contribution in [3.63, 3.8) is 0 Å². The first kappa shape index (κ1) is 19.7. The standard InChI is InChI=1S/C20H21ClN2O3/c1-14-3-9-17(10-4-14)22-19(25)13-23(2)20(26)12-11-18(24)15-5-7-16(21)8-6-15/h3-10H,11-13H2,1-2H3,(H,22,25). The van der Waals surface area contributed by atoms with Crippen LogP contribution in [0.3, 0.4) is 0 Å². The molecule has 0 bridgehead atoms. The van der Waals surface area contributed by atoms with Crippen molar-refractivity contribution in [3.05, 3.63) is 64.7 Å². The summed E-state index contributed by atoms with van der Waals surface area (Å²) in [7, 11) is 1.55. The number of amides is 2. The number of nitrogens with one attached hydrogen (secondary N) is 1. The molecule has 2 aromatic rings. The fourth-order valence-corrected chi connectivity index (χ4v) is 2.46. The van der Waals surface area contributed by atoms with Crippen molar-refractivity contribution in [2.24, 2.45) is 0 Å². The molecule has 26 heavy (non-hydrogen) atoms. The highest BCUT2D eigenvalue weighted by Gasteiger charge is 2.15. The van der Waals surface area contributed by atoms with Gasteiger partial charge in [0.15, 0.2) is 5.78 Å². The van der Waals surface area contributed by atoms with Crippen LogP contribution < -0.4 is 5.32 Å². The molecule has 0 aromatic heterocycles. The number of nitrogens with zero attached hydrogens (tertiary/aromatic N) is 1. The summed E-state index contributed by atoms with van der Waals surface area (Å²) in [6.45, 7) is 1.89. The molecule has 0 fully saturated rings. The van der Waals surface area contributed by atoms with E-state index < -0.39 is 0 Å². The molecule has 0 unspecified atom stereocenters. The molecule has 2 rings (SSSR count). The Bertz CT molecular complexity index is 786. The smallest absolute Gasteiger partial charge is 0.243 e. The average molecular weight is 373 g/mol. The maximum atomic E-state index is 12.1. The summed E-state index contributed by atoms with van der Waals surface area (Å²) < 4.78 is 0. The average Bonchev–Trinajstić information content (AvgIpc) is 2.61. The number of benzene rings is 2. The number of hydrogen-bond acceptors (Lipinski definition) is 3. The molecule has 0 saturated carbocycles. The molecule has 0 aliphatic carbocycles. The van der Waals surface area contributed by atoms with Gasteiger partial charge in [-0.25, -0.2) is 0 Å². The summed E-state index contributed by atoms with van der Waals surface area (Å²) in [6.07, 6.45) is 0.139. The van der Waals surface area contributed by atoms with Gasteiger partial charge in [0.2, 0.25) is 11.8 Å². The normalized spacial score (nSPS) is 10.3. The molecule has 2 aromatic carbocycles. The van der Waals surface area contributed by atoms with E-state index in [4.69, 9.17) is 11.6 Å². The van der Waals surface area contributed by atoms with Crippen molar-refractivity contribution in [2.45, 2.75) is 19.8 Å². The van der Waals surface area contributed by atoms with E-state index in [2.05, 4.69) is 5.32 Å². The zero-order valence-electron chi connectivity index (χ0n) is 14.8. The molecule has 136 valence electrons. The first-order valence-corrected chi connectivity index (χ1v) is 8.62. The SMILES string of the molecule is Cc1ccc(NC(=O)CN(C)C(=O)CCC(=O)c2ccc(Cl)cc2)cc1. The lowest BCUT2D eigenvalue weighted by atomic mass is 10.1. The fourth-order valence-electron chi connectivity index (χ4n) is 2.33. The third-order valence-electron chi connectivity index (χ3n) is 3.87. The van der Waals surface area contributed by atoms with E-state index in [1.54, 1.807) is 43.4 Å². The molecule has 0 spiro atoms. The maximum Gasteiger partial charge on any atom is 0.243 e. The second-order valence-electron chi connectivity index (χ2n) is 6.09. The number of likely N-dealkylation sites (N-methyl/N-ethyl adjacent to an activating group) is 1.